The van der Waals surface area contributed by atoms with Gasteiger partial charge in [0, 0.05) is 13.1 Å². The van der Waals surface area contributed by atoms with Crippen LogP contribution in [0.4, 0.5) is 0 Å². The maximum atomic E-state index is 11.4. The number of aromatic nitrogens is 3. The van der Waals surface area contributed by atoms with Crippen molar-refractivity contribution in [2.24, 2.45) is 0 Å². The third-order valence-corrected chi connectivity index (χ3v) is 4.12. The molecule has 1 aromatic rings. The van der Waals surface area contributed by atoms with Crippen molar-refractivity contribution < 1.29 is 13.2 Å². The zero-order valence-corrected chi connectivity index (χ0v) is 10.3. The maximum absolute atomic E-state index is 11.4. The minimum Gasteiger partial charge on any atom is -0.296 e. The second kappa shape index (κ2) is 4.53. The number of hydrogen-bond acceptors (Lipinski definition) is 5. The number of rotatable bonds is 3. The summed E-state index contributed by atoms with van der Waals surface area (Å²) in [4.78, 5) is 10.5. The van der Waals surface area contributed by atoms with Crippen LogP contribution in [0.15, 0.2) is 6.20 Å². The molecule has 1 aromatic heterocycles. The van der Waals surface area contributed by atoms with Crippen LogP contribution in [0.3, 0.4) is 0 Å². The molecule has 0 amide bonds. The summed E-state index contributed by atoms with van der Waals surface area (Å²) in [6.07, 6.45) is 5.00. The Morgan fingerprint density at radius 1 is 1.53 bits per heavy atom. The molecule has 0 aliphatic carbocycles. The zero-order valence-electron chi connectivity index (χ0n) is 9.48. The normalized spacial score (nSPS) is 22.5. The van der Waals surface area contributed by atoms with Crippen LogP contribution in [-0.2, 0) is 10.0 Å². The predicted molar refractivity (Wildman–Crippen MR) is 60.1 cm³/mol. The minimum atomic E-state index is -3.16. The predicted octanol–water partition coefficient (Wildman–Crippen LogP) is -0.313. The van der Waals surface area contributed by atoms with Crippen molar-refractivity contribution in [1.29, 1.82) is 0 Å². The molecule has 0 aromatic carbocycles. The van der Waals surface area contributed by atoms with Crippen LogP contribution in [-0.4, -0.2) is 53.3 Å². The Morgan fingerprint density at radius 2 is 2.29 bits per heavy atom. The van der Waals surface area contributed by atoms with Gasteiger partial charge in [0.05, 0.1) is 18.5 Å². The van der Waals surface area contributed by atoms with Gasteiger partial charge in [0.1, 0.15) is 5.69 Å². The summed E-state index contributed by atoms with van der Waals surface area (Å²) in [5.41, 5.74) is 0.265. The number of carbonyl (C=O) groups is 1. The number of carbonyl (C=O) groups excluding carboxylic acids is 1. The lowest BCUT2D eigenvalue weighted by Crippen LogP contribution is -2.40. The van der Waals surface area contributed by atoms with E-state index in [9.17, 15) is 13.2 Å². The molecule has 2 heterocycles. The van der Waals surface area contributed by atoms with Crippen LogP contribution in [0.25, 0.3) is 0 Å². The molecule has 0 radical (unpaired) electrons. The van der Waals surface area contributed by atoms with E-state index in [4.69, 9.17) is 0 Å². The van der Waals surface area contributed by atoms with Crippen LogP contribution in [0.5, 0.6) is 0 Å². The average molecular weight is 258 g/mol. The van der Waals surface area contributed by atoms with Gasteiger partial charge in [-0.05, 0) is 12.8 Å². The van der Waals surface area contributed by atoms with Crippen LogP contribution < -0.4 is 0 Å². The summed E-state index contributed by atoms with van der Waals surface area (Å²) in [5, 5.41) is 7.52. The van der Waals surface area contributed by atoms with Crippen molar-refractivity contribution in [2.45, 2.75) is 18.9 Å². The minimum absolute atomic E-state index is 0.0420. The van der Waals surface area contributed by atoms with Crippen molar-refractivity contribution >= 4 is 16.3 Å². The molecule has 1 saturated heterocycles. The molecule has 1 fully saturated rings. The van der Waals surface area contributed by atoms with E-state index in [1.54, 1.807) is 10.9 Å². The highest BCUT2D eigenvalue weighted by Crippen LogP contribution is 2.22. The van der Waals surface area contributed by atoms with Crippen LogP contribution in [0.1, 0.15) is 29.4 Å². The summed E-state index contributed by atoms with van der Waals surface area (Å²) in [6.45, 7) is 0.936. The first-order chi connectivity index (χ1) is 8.00. The van der Waals surface area contributed by atoms with E-state index in [0.717, 1.165) is 12.8 Å². The summed E-state index contributed by atoms with van der Waals surface area (Å²) in [5.74, 6) is 0. The fraction of sp³-hybridized carbons (Fsp3) is 0.667. The maximum Gasteiger partial charge on any atom is 0.211 e. The van der Waals surface area contributed by atoms with Gasteiger partial charge < -0.3 is 0 Å². The second-order valence-electron chi connectivity index (χ2n) is 4.16. The Bertz CT molecular complexity index is 510. The molecule has 1 atom stereocenters. The fourth-order valence-electron chi connectivity index (χ4n) is 1.96. The van der Waals surface area contributed by atoms with Gasteiger partial charge >= 0.3 is 0 Å². The molecule has 7 nitrogen and oxygen atoms in total. The molecule has 8 heteroatoms. The van der Waals surface area contributed by atoms with Gasteiger partial charge in [0.15, 0.2) is 6.29 Å². The van der Waals surface area contributed by atoms with E-state index in [2.05, 4.69) is 10.3 Å². The Balaban J connectivity index is 2.14. The Kier molecular flexibility index (Phi) is 3.25. The Labute approximate surface area is 99.5 Å². The highest BCUT2D eigenvalue weighted by atomic mass is 32.2. The summed E-state index contributed by atoms with van der Waals surface area (Å²) >= 11 is 0. The van der Waals surface area contributed by atoms with Crippen molar-refractivity contribution in [1.82, 2.24) is 19.3 Å². The quantitative estimate of drug-likeness (QED) is 0.694. The van der Waals surface area contributed by atoms with Crippen molar-refractivity contribution in [3.8, 4) is 0 Å². The van der Waals surface area contributed by atoms with Crippen molar-refractivity contribution in [3.63, 3.8) is 0 Å². The topological polar surface area (TPSA) is 85.2 Å². The van der Waals surface area contributed by atoms with Gasteiger partial charge in [-0.1, -0.05) is 5.21 Å². The van der Waals surface area contributed by atoms with Crippen molar-refractivity contribution in [3.05, 3.63) is 11.9 Å². The monoisotopic (exact) mass is 258 g/mol. The van der Waals surface area contributed by atoms with E-state index in [-0.39, 0.29) is 11.7 Å². The summed E-state index contributed by atoms with van der Waals surface area (Å²) < 4.78 is 25.9. The molecule has 1 aliphatic heterocycles. The number of sulfonamides is 1. The highest BCUT2D eigenvalue weighted by molar-refractivity contribution is 7.88. The first kappa shape index (κ1) is 12.2. The second-order valence-corrected chi connectivity index (χ2v) is 6.14. The third-order valence-electron chi connectivity index (χ3n) is 2.85. The number of aldehydes is 1. The van der Waals surface area contributed by atoms with Crippen LogP contribution in [0, 0.1) is 0 Å². The largest absolute Gasteiger partial charge is 0.296 e. The van der Waals surface area contributed by atoms with E-state index in [1.165, 1.54) is 10.6 Å². The van der Waals surface area contributed by atoms with E-state index in [0.29, 0.717) is 19.4 Å². The van der Waals surface area contributed by atoms with E-state index >= 15 is 0 Å². The van der Waals surface area contributed by atoms with Gasteiger partial charge in [0.25, 0.3) is 0 Å². The molecule has 0 spiro atoms. The van der Waals surface area contributed by atoms with Crippen LogP contribution in [0.2, 0.25) is 0 Å². The van der Waals surface area contributed by atoms with Crippen molar-refractivity contribution in [2.75, 3.05) is 19.3 Å². The highest BCUT2D eigenvalue weighted by Gasteiger charge is 2.27. The fourth-order valence-corrected chi connectivity index (χ4v) is 2.86. The number of hydrogen-bond donors (Lipinski definition) is 0. The van der Waals surface area contributed by atoms with E-state index < -0.39 is 10.0 Å². The lowest BCUT2D eigenvalue weighted by molar-refractivity contribution is 0.111. The van der Waals surface area contributed by atoms with E-state index in [1.807, 2.05) is 0 Å². The zero-order chi connectivity index (χ0) is 12.5. The number of nitrogens with zero attached hydrogens (tertiary/aromatic N) is 4. The smallest absolute Gasteiger partial charge is 0.211 e. The van der Waals surface area contributed by atoms with Gasteiger partial charge in [0.2, 0.25) is 10.0 Å². The standard InChI is InChI=1S/C9H14N4O3S/c1-17(15,16)12-4-2-3-9(6-12)13-5-8(7-14)10-11-13/h5,7,9H,2-4,6H2,1H3/t9-/m0/s1. The first-order valence-electron chi connectivity index (χ1n) is 5.33. The molecule has 1 aliphatic rings. The lowest BCUT2D eigenvalue weighted by Gasteiger charge is -2.30. The Hall–Kier alpha value is -1.28. The SMILES string of the molecule is CS(=O)(=O)N1CCC[C@H](n2cc(C=O)nn2)C1. The van der Waals surface area contributed by atoms with Gasteiger partial charge in [-0.25, -0.2) is 17.4 Å². The van der Waals surface area contributed by atoms with Gasteiger partial charge in [-0.2, -0.15) is 0 Å². The summed E-state index contributed by atoms with van der Waals surface area (Å²) in [6, 6.07) is -0.0420. The molecule has 0 N–H and O–H groups in total. The average Bonchev–Trinajstić information content (AvgIpc) is 2.76. The molecule has 94 valence electrons. The lowest BCUT2D eigenvalue weighted by atomic mass is 10.1. The molecular weight excluding hydrogens is 244 g/mol. The summed E-state index contributed by atoms with van der Waals surface area (Å²) in [7, 11) is -3.16. The molecule has 17 heavy (non-hydrogen) atoms. The Morgan fingerprint density at radius 3 is 2.88 bits per heavy atom. The van der Waals surface area contributed by atoms with Gasteiger partial charge in [-0.15, -0.1) is 5.10 Å². The van der Waals surface area contributed by atoms with Crippen LogP contribution >= 0.6 is 0 Å². The third kappa shape index (κ3) is 2.70. The molecule has 0 unspecified atom stereocenters. The molecule has 2 rings (SSSR count). The number of piperidine rings is 1. The molecule has 0 bridgehead atoms. The molecule has 0 saturated carbocycles. The first-order valence-corrected chi connectivity index (χ1v) is 7.17. The van der Waals surface area contributed by atoms with Gasteiger partial charge in [-0.3, -0.25) is 4.79 Å². The molecular formula is C9H14N4O3S.